The molecule has 15 heavy (non-hydrogen) atoms. The van der Waals surface area contributed by atoms with E-state index in [-0.39, 0.29) is 19.6 Å². The van der Waals surface area contributed by atoms with Crippen LogP contribution >= 0.6 is 0 Å². The van der Waals surface area contributed by atoms with Crippen molar-refractivity contribution in [1.29, 1.82) is 0 Å². The Kier molecular flexibility index (Phi) is 6.25. The predicted octanol–water partition coefficient (Wildman–Crippen LogP) is -2.43. The normalized spacial score (nSPS) is 13.1. The van der Waals surface area contributed by atoms with E-state index in [1.807, 2.05) is 0 Å². The first kappa shape index (κ1) is 14.8. The van der Waals surface area contributed by atoms with Crippen molar-refractivity contribution >= 4 is 10.1 Å². The van der Waals surface area contributed by atoms with Gasteiger partial charge in [0.05, 0.1) is 24.5 Å². The third-order valence-corrected chi connectivity index (χ3v) is 2.78. The second kappa shape index (κ2) is 6.36. The molecule has 0 radical (unpaired) electrons. The molecular weight excluding hydrogens is 226 g/mol. The molecule has 0 amide bonds. The standard InChI is InChI=1S/C7H17NO6S/c9-3-1-7(5-10,6-11)8-2-4-15(12,13)14/h8-11H,1-6H2,(H,12,13,14). The van der Waals surface area contributed by atoms with E-state index in [2.05, 4.69) is 5.32 Å². The molecule has 5 N–H and O–H groups in total. The molecule has 0 aromatic carbocycles. The largest absolute Gasteiger partial charge is 0.396 e. The lowest BCUT2D eigenvalue weighted by Crippen LogP contribution is -2.53. The van der Waals surface area contributed by atoms with Crippen molar-refractivity contribution in [3.05, 3.63) is 0 Å². The Morgan fingerprint density at radius 2 is 1.67 bits per heavy atom. The fourth-order valence-electron chi connectivity index (χ4n) is 1.07. The van der Waals surface area contributed by atoms with Crippen LogP contribution in [0.4, 0.5) is 0 Å². The van der Waals surface area contributed by atoms with Crippen molar-refractivity contribution in [2.24, 2.45) is 0 Å². The number of nitrogens with one attached hydrogen (secondary N) is 1. The zero-order valence-corrected chi connectivity index (χ0v) is 9.07. The van der Waals surface area contributed by atoms with E-state index < -0.39 is 34.6 Å². The van der Waals surface area contributed by atoms with Crippen LogP contribution in [0, 0.1) is 0 Å². The summed E-state index contributed by atoms with van der Waals surface area (Å²) in [7, 11) is -4.07. The molecular formula is C7H17NO6S. The van der Waals surface area contributed by atoms with Crippen molar-refractivity contribution in [2.45, 2.75) is 12.0 Å². The van der Waals surface area contributed by atoms with Gasteiger partial charge in [0.1, 0.15) is 0 Å². The summed E-state index contributed by atoms with van der Waals surface area (Å²) in [6, 6.07) is 0. The van der Waals surface area contributed by atoms with Crippen LogP contribution < -0.4 is 5.32 Å². The van der Waals surface area contributed by atoms with Gasteiger partial charge in [-0.1, -0.05) is 0 Å². The van der Waals surface area contributed by atoms with Gasteiger partial charge in [-0.3, -0.25) is 4.55 Å². The Labute approximate surface area is 88.5 Å². The van der Waals surface area contributed by atoms with Crippen LogP contribution in [0.25, 0.3) is 0 Å². The Morgan fingerprint density at radius 3 is 2.00 bits per heavy atom. The summed E-state index contributed by atoms with van der Waals surface area (Å²) in [6.07, 6.45) is 0.0888. The molecule has 0 spiro atoms. The van der Waals surface area contributed by atoms with E-state index in [1.165, 1.54) is 0 Å². The Bertz CT molecular complexity index is 261. The Balaban J connectivity index is 4.18. The van der Waals surface area contributed by atoms with E-state index in [1.54, 1.807) is 0 Å². The maximum Gasteiger partial charge on any atom is 0.266 e. The van der Waals surface area contributed by atoms with E-state index >= 15 is 0 Å². The Morgan fingerprint density at radius 1 is 1.13 bits per heavy atom. The lowest BCUT2D eigenvalue weighted by molar-refractivity contribution is 0.0700. The van der Waals surface area contributed by atoms with Gasteiger partial charge in [-0.15, -0.1) is 0 Å². The molecule has 0 bridgehead atoms. The van der Waals surface area contributed by atoms with Gasteiger partial charge in [0, 0.05) is 13.2 Å². The summed E-state index contributed by atoms with van der Waals surface area (Å²) >= 11 is 0. The van der Waals surface area contributed by atoms with Crippen LogP contribution in [0.15, 0.2) is 0 Å². The lowest BCUT2D eigenvalue weighted by Gasteiger charge is -2.30. The summed E-state index contributed by atoms with van der Waals surface area (Å²) in [5.74, 6) is -0.514. The maximum atomic E-state index is 10.4. The van der Waals surface area contributed by atoms with E-state index in [4.69, 9.17) is 19.9 Å². The quantitative estimate of drug-likeness (QED) is 0.300. The molecule has 8 heteroatoms. The van der Waals surface area contributed by atoms with Gasteiger partial charge in [-0.25, -0.2) is 0 Å². The fourth-order valence-corrected chi connectivity index (χ4v) is 1.43. The molecule has 0 unspecified atom stereocenters. The molecule has 0 aromatic rings. The van der Waals surface area contributed by atoms with E-state index in [0.717, 1.165) is 0 Å². The second-order valence-electron chi connectivity index (χ2n) is 3.28. The van der Waals surface area contributed by atoms with Crippen molar-refractivity contribution in [3.63, 3.8) is 0 Å². The minimum absolute atomic E-state index is 0.0888. The maximum absolute atomic E-state index is 10.4. The average molecular weight is 243 g/mol. The molecule has 0 saturated heterocycles. The molecule has 0 heterocycles. The van der Waals surface area contributed by atoms with Crippen LogP contribution in [0.2, 0.25) is 0 Å². The van der Waals surface area contributed by atoms with E-state index in [0.29, 0.717) is 0 Å². The Hall–Kier alpha value is -0.250. The highest BCUT2D eigenvalue weighted by molar-refractivity contribution is 7.85. The first-order valence-corrected chi connectivity index (χ1v) is 6.03. The summed E-state index contributed by atoms with van der Waals surface area (Å²) in [6.45, 7) is -1.23. The second-order valence-corrected chi connectivity index (χ2v) is 4.86. The molecule has 0 rings (SSSR count). The van der Waals surface area contributed by atoms with Gasteiger partial charge < -0.3 is 20.6 Å². The monoisotopic (exact) mass is 243 g/mol. The van der Waals surface area contributed by atoms with Gasteiger partial charge in [0.2, 0.25) is 0 Å². The van der Waals surface area contributed by atoms with Gasteiger partial charge in [-0.2, -0.15) is 8.42 Å². The smallest absolute Gasteiger partial charge is 0.266 e. The van der Waals surface area contributed by atoms with Crippen LogP contribution in [-0.4, -0.2) is 65.9 Å². The van der Waals surface area contributed by atoms with Crippen LogP contribution in [0.3, 0.4) is 0 Å². The molecule has 0 saturated carbocycles. The topological polar surface area (TPSA) is 127 Å². The highest BCUT2D eigenvalue weighted by atomic mass is 32.2. The minimum atomic E-state index is -4.07. The average Bonchev–Trinajstić information content (AvgIpc) is 2.14. The first-order chi connectivity index (χ1) is 6.89. The third kappa shape index (κ3) is 6.03. The first-order valence-electron chi connectivity index (χ1n) is 4.42. The lowest BCUT2D eigenvalue weighted by atomic mass is 9.98. The fraction of sp³-hybridized carbons (Fsp3) is 1.00. The molecule has 0 fully saturated rings. The number of aliphatic hydroxyl groups is 3. The molecule has 7 nitrogen and oxygen atoms in total. The zero-order chi connectivity index (χ0) is 11.9. The predicted molar refractivity (Wildman–Crippen MR) is 53.0 cm³/mol. The van der Waals surface area contributed by atoms with Crippen LogP contribution in [0.5, 0.6) is 0 Å². The highest BCUT2D eigenvalue weighted by Gasteiger charge is 2.27. The summed E-state index contributed by atoms with van der Waals surface area (Å²) in [4.78, 5) is 0. The summed E-state index contributed by atoms with van der Waals surface area (Å²) in [5, 5.41) is 29.3. The van der Waals surface area contributed by atoms with Crippen LogP contribution in [-0.2, 0) is 10.1 Å². The molecule has 0 aliphatic carbocycles. The third-order valence-electron chi connectivity index (χ3n) is 2.06. The number of aliphatic hydroxyl groups excluding tert-OH is 3. The van der Waals surface area contributed by atoms with Crippen molar-refractivity contribution in [1.82, 2.24) is 5.32 Å². The minimum Gasteiger partial charge on any atom is -0.396 e. The van der Waals surface area contributed by atoms with Crippen molar-refractivity contribution in [2.75, 3.05) is 32.1 Å². The molecule has 0 atom stereocenters. The van der Waals surface area contributed by atoms with Gasteiger partial charge in [-0.05, 0) is 6.42 Å². The summed E-state index contributed by atoms with van der Waals surface area (Å²) < 4.78 is 29.2. The highest BCUT2D eigenvalue weighted by Crippen LogP contribution is 2.07. The number of rotatable bonds is 8. The number of hydrogen-bond donors (Lipinski definition) is 5. The zero-order valence-electron chi connectivity index (χ0n) is 8.26. The van der Waals surface area contributed by atoms with Gasteiger partial charge >= 0.3 is 0 Å². The van der Waals surface area contributed by atoms with Crippen molar-refractivity contribution in [3.8, 4) is 0 Å². The molecule has 92 valence electrons. The SMILES string of the molecule is O=S(=O)(O)CCNC(CO)(CO)CCO. The van der Waals surface area contributed by atoms with Gasteiger partial charge in [0.15, 0.2) is 0 Å². The molecule has 0 aliphatic rings. The van der Waals surface area contributed by atoms with E-state index in [9.17, 15) is 8.42 Å². The molecule has 0 aromatic heterocycles. The summed E-state index contributed by atoms with van der Waals surface area (Å²) in [5.41, 5.74) is -1.11. The number of hydrogen-bond acceptors (Lipinski definition) is 6. The van der Waals surface area contributed by atoms with Gasteiger partial charge in [0.25, 0.3) is 10.1 Å². The van der Waals surface area contributed by atoms with Crippen LogP contribution in [0.1, 0.15) is 6.42 Å². The van der Waals surface area contributed by atoms with Crippen molar-refractivity contribution < 1.29 is 28.3 Å². The molecule has 0 aliphatic heterocycles.